The Balaban J connectivity index is 1.43. The summed E-state index contributed by atoms with van der Waals surface area (Å²) in [7, 11) is 0. The Bertz CT molecular complexity index is 1120. The van der Waals surface area contributed by atoms with Crippen molar-refractivity contribution in [2.45, 2.75) is 19.8 Å². The molecule has 6 nitrogen and oxygen atoms in total. The van der Waals surface area contributed by atoms with Crippen molar-refractivity contribution in [1.82, 2.24) is 4.90 Å². The normalized spacial score (nSPS) is 16.0. The van der Waals surface area contributed by atoms with Gasteiger partial charge in [0, 0.05) is 37.0 Å². The molecule has 0 bridgehead atoms. The molecule has 0 spiro atoms. The molecule has 0 radical (unpaired) electrons. The Morgan fingerprint density at radius 1 is 0.871 bits per heavy atom. The highest BCUT2D eigenvalue weighted by molar-refractivity contribution is 6.07. The molecule has 1 fully saturated rings. The number of anilines is 2. The van der Waals surface area contributed by atoms with Crippen LogP contribution in [0.1, 0.15) is 30.1 Å². The SMILES string of the molecule is CC(=O)Nc1ccc(NC(=O)C2CCCN(C(=O)c3cccc4ccccc34)C2)cc1. The highest BCUT2D eigenvalue weighted by Crippen LogP contribution is 2.24. The summed E-state index contributed by atoms with van der Waals surface area (Å²) in [6.45, 7) is 2.50. The number of rotatable bonds is 4. The van der Waals surface area contributed by atoms with Crippen molar-refractivity contribution in [1.29, 1.82) is 0 Å². The smallest absolute Gasteiger partial charge is 0.254 e. The van der Waals surface area contributed by atoms with E-state index in [0.717, 1.165) is 23.6 Å². The zero-order chi connectivity index (χ0) is 21.8. The maximum atomic E-state index is 13.2. The highest BCUT2D eigenvalue weighted by Gasteiger charge is 2.29. The zero-order valence-electron chi connectivity index (χ0n) is 17.4. The van der Waals surface area contributed by atoms with E-state index in [1.54, 1.807) is 29.2 Å². The molecule has 158 valence electrons. The molecule has 3 aromatic rings. The third kappa shape index (κ3) is 4.74. The Morgan fingerprint density at radius 3 is 2.29 bits per heavy atom. The average Bonchev–Trinajstić information content (AvgIpc) is 2.79. The molecule has 3 amide bonds. The van der Waals surface area contributed by atoms with Crippen LogP contribution in [0.3, 0.4) is 0 Å². The molecule has 1 aliphatic heterocycles. The molecule has 1 saturated heterocycles. The number of benzene rings is 3. The molecule has 4 rings (SSSR count). The second-order valence-corrected chi connectivity index (χ2v) is 7.86. The van der Waals surface area contributed by atoms with Crippen LogP contribution < -0.4 is 10.6 Å². The van der Waals surface area contributed by atoms with Gasteiger partial charge in [-0.25, -0.2) is 0 Å². The molecular formula is C25H25N3O3. The van der Waals surface area contributed by atoms with Crippen molar-refractivity contribution in [3.63, 3.8) is 0 Å². The van der Waals surface area contributed by atoms with E-state index in [0.29, 0.717) is 30.0 Å². The molecule has 0 aliphatic carbocycles. The Labute approximate surface area is 181 Å². The molecule has 1 atom stereocenters. The maximum absolute atomic E-state index is 13.2. The minimum absolute atomic E-state index is 0.0334. The number of fused-ring (bicyclic) bond motifs is 1. The van der Waals surface area contributed by atoms with Gasteiger partial charge in [-0.2, -0.15) is 0 Å². The first-order valence-electron chi connectivity index (χ1n) is 10.5. The van der Waals surface area contributed by atoms with Crippen molar-refractivity contribution in [2.24, 2.45) is 5.92 Å². The van der Waals surface area contributed by atoms with Gasteiger partial charge in [0.25, 0.3) is 5.91 Å². The van der Waals surface area contributed by atoms with Crippen LogP contribution in [0.15, 0.2) is 66.7 Å². The van der Waals surface area contributed by atoms with Crippen LogP contribution in [0, 0.1) is 5.92 Å². The lowest BCUT2D eigenvalue weighted by atomic mass is 9.95. The van der Waals surface area contributed by atoms with Gasteiger partial charge in [0.2, 0.25) is 11.8 Å². The van der Waals surface area contributed by atoms with Gasteiger partial charge < -0.3 is 15.5 Å². The van der Waals surface area contributed by atoms with Gasteiger partial charge in [0.15, 0.2) is 0 Å². The summed E-state index contributed by atoms with van der Waals surface area (Å²) in [5.74, 6) is -0.533. The quantitative estimate of drug-likeness (QED) is 0.667. The zero-order valence-corrected chi connectivity index (χ0v) is 17.4. The van der Waals surface area contributed by atoms with Crippen molar-refractivity contribution in [2.75, 3.05) is 23.7 Å². The summed E-state index contributed by atoms with van der Waals surface area (Å²) >= 11 is 0. The van der Waals surface area contributed by atoms with E-state index in [2.05, 4.69) is 10.6 Å². The summed E-state index contributed by atoms with van der Waals surface area (Å²) < 4.78 is 0. The molecule has 3 aromatic carbocycles. The minimum Gasteiger partial charge on any atom is -0.338 e. The number of carbonyl (C=O) groups excluding carboxylic acids is 3. The van der Waals surface area contributed by atoms with E-state index in [4.69, 9.17) is 0 Å². The second-order valence-electron chi connectivity index (χ2n) is 7.86. The number of nitrogens with zero attached hydrogens (tertiary/aromatic N) is 1. The maximum Gasteiger partial charge on any atom is 0.254 e. The van der Waals surface area contributed by atoms with Gasteiger partial charge in [-0.3, -0.25) is 14.4 Å². The lowest BCUT2D eigenvalue weighted by Gasteiger charge is -2.32. The standard InChI is InChI=1S/C25H25N3O3/c1-17(29)26-20-11-13-21(14-12-20)27-24(30)19-8-5-15-28(16-19)25(31)23-10-4-7-18-6-2-3-9-22(18)23/h2-4,6-7,9-14,19H,5,8,15-16H2,1H3,(H,26,29)(H,27,30). The van der Waals surface area contributed by atoms with Crippen LogP contribution in [0.5, 0.6) is 0 Å². The number of hydrogen-bond acceptors (Lipinski definition) is 3. The van der Waals surface area contributed by atoms with Crippen LogP contribution in [0.4, 0.5) is 11.4 Å². The molecule has 31 heavy (non-hydrogen) atoms. The topological polar surface area (TPSA) is 78.5 Å². The fourth-order valence-electron chi connectivity index (χ4n) is 4.04. The van der Waals surface area contributed by atoms with Gasteiger partial charge >= 0.3 is 0 Å². The largest absolute Gasteiger partial charge is 0.338 e. The van der Waals surface area contributed by atoms with E-state index in [9.17, 15) is 14.4 Å². The van der Waals surface area contributed by atoms with E-state index in [-0.39, 0.29) is 23.6 Å². The van der Waals surface area contributed by atoms with Crippen LogP contribution in [-0.4, -0.2) is 35.7 Å². The first-order valence-corrected chi connectivity index (χ1v) is 10.5. The van der Waals surface area contributed by atoms with E-state index < -0.39 is 0 Å². The first-order chi connectivity index (χ1) is 15.0. The van der Waals surface area contributed by atoms with E-state index in [1.165, 1.54) is 6.92 Å². The summed E-state index contributed by atoms with van der Waals surface area (Å²) in [5.41, 5.74) is 2.01. The van der Waals surface area contributed by atoms with Crippen LogP contribution in [-0.2, 0) is 9.59 Å². The van der Waals surface area contributed by atoms with Gasteiger partial charge in [-0.1, -0.05) is 36.4 Å². The predicted octanol–water partition coefficient (Wildman–Crippen LogP) is 4.29. The van der Waals surface area contributed by atoms with Crippen LogP contribution in [0.25, 0.3) is 10.8 Å². The predicted molar refractivity (Wildman–Crippen MR) is 122 cm³/mol. The van der Waals surface area contributed by atoms with Crippen molar-refractivity contribution >= 4 is 39.9 Å². The Morgan fingerprint density at radius 2 is 1.55 bits per heavy atom. The van der Waals surface area contributed by atoms with E-state index >= 15 is 0 Å². The fourth-order valence-corrected chi connectivity index (χ4v) is 4.04. The number of amides is 3. The second kappa shape index (κ2) is 9.00. The van der Waals surface area contributed by atoms with Crippen LogP contribution >= 0.6 is 0 Å². The van der Waals surface area contributed by atoms with Crippen LogP contribution in [0.2, 0.25) is 0 Å². The van der Waals surface area contributed by atoms with E-state index in [1.807, 2.05) is 42.5 Å². The lowest BCUT2D eigenvalue weighted by molar-refractivity contribution is -0.121. The summed E-state index contributed by atoms with van der Waals surface area (Å²) in [6, 6.07) is 20.6. The molecule has 6 heteroatoms. The first kappa shape index (κ1) is 20.6. The molecule has 1 aliphatic rings. The lowest BCUT2D eigenvalue weighted by Crippen LogP contribution is -2.43. The van der Waals surface area contributed by atoms with Gasteiger partial charge in [0.05, 0.1) is 5.92 Å². The monoisotopic (exact) mass is 415 g/mol. The average molecular weight is 415 g/mol. The molecule has 1 heterocycles. The van der Waals surface area contributed by atoms with Gasteiger partial charge in [-0.15, -0.1) is 0 Å². The third-order valence-corrected chi connectivity index (χ3v) is 5.57. The van der Waals surface area contributed by atoms with Gasteiger partial charge in [-0.05, 0) is 53.9 Å². The summed E-state index contributed by atoms with van der Waals surface area (Å²) in [5, 5.41) is 7.59. The van der Waals surface area contributed by atoms with Crippen molar-refractivity contribution in [3.8, 4) is 0 Å². The number of likely N-dealkylation sites (tertiary alicyclic amines) is 1. The molecule has 2 N–H and O–H groups in total. The summed E-state index contributed by atoms with van der Waals surface area (Å²) in [4.78, 5) is 39.0. The molecule has 0 aromatic heterocycles. The van der Waals surface area contributed by atoms with Crippen molar-refractivity contribution in [3.05, 3.63) is 72.3 Å². The number of nitrogens with one attached hydrogen (secondary N) is 2. The number of carbonyl (C=O) groups is 3. The minimum atomic E-state index is -0.261. The Hall–Kier alpha value is -3.67. The van der Waals surface area contributed by atoms with Crippen molar-refractivity contribution < 1.29 is 14.4 Å². The Kier molecular flexibility index (Phi) is 5.98. The number of piperidine rings is 1. The highest BCUT2D eigenvalue weighted by atomic mass is 16.2. The fraction of sp³-hybridized carbons (Fsp3) is 0.240. The number of hydrogen-bond donors (Lipinski definition) is 2. The summed E-state index contributed by atoms with van der Waals surface area (Å²) in [6.07, 6.45) is 1.53. The molecular weight excluding hydrogens is 390 g/mol. The van der Waals surface area contributed by atoms with Gasteiger partial charge in [0.1, 0.15) is 0 Å². The molecule has 1 unspecified atom stereocenters. The third-order valence-electron chi connectivity index (χ3n) is 5.57. The molecule has 0 saturated carbocycles.